The summed E-state index contributed by atoms with van der Waals surface area (Å²) in [6.45, 7) is 2.37. The largest absolute Gasteiger partial charge is 0.493 e. The minimum Gasteiger partial charge on any atom is -0.493 e. The van der Waals surface area contributed by atoms with Gasteiger partial charge in [-0.1, -0.05) is 84.9 Å². The number of nitrogens with zero attached hydrogens (tertiary/aromatic N) is 1. The highest BCUT2D eigenvalue weighted by Gasteiger charge is 2.77. The van der Waals surface area contributed by atoms with Crippen molar-refractivity contribution < 1.29 is 23.8 Å². The maximum Gasteiger partial charge on any atom is 0.310 e. The molecule has 4 aromatic carbocycles. The molecule has 3 unspecified atom stereocenters. The zero-order valence-electron chi connectivity index (χ0n) is 24.5. The molecule has 0 bridgehead atoms. The number of carboxylic acid groups (broad SMARTS) is 1. The highest BCUT2D eigenvalue weighted by molar-refractivity contribution is 6.10. The average Bonchev–Trinajstić information content (AvgIpc) is 3.34. The second-order valence-electron chi connectivity index (χ2n) is 11.9. The minimum absolute atomic E-state index is 0.0165. The lowest BCUT2D eigenvalue weighted by molar-refractivity contribution is -0.144. The van der Waals surface area contributed by atoms with Crippen LogP contribution in [0.2, 0.25) is 0 Å². The number of aliphatic carboxylic acids is 1. The smallest absolute Gasteiger partial charge is 0.310 e. The lowest BCUT2D eigenvalue weighted by Gasteiger charge is -2.26. The van der Waals surface area contributed by atoms with Crippen LogP contribution in [0.1, 0.15) is 50.8 Å². The Kier molecular flexibility index (Phi) is 7.13. The number of aryl methyl sites for hydroxylation is 1. The number of aromatic nitrogens is 1. The summed E-state index contributed by atoms with van der Waals surface area (Å²) in [7, 11) is 0. The predicted octanol–water partition coefficient (Wildman–Crippen LogP) is 7.55. The summed E-state index contributed by atoms with van der Waals surface area (Å²) in [4.78, 5) is 30.7. The minimum atomic E-state index is -0.809. The number of carbonyl (C=O) groups excluding carboxylic acids is 1. The molecule has 44 heavy (non-hydrogen) atoms. The van der Waals surface area contributed by atoms with Crippen LogP contribution < -0.4 is 4.74 Å². The van der Waals surface area contributed by atoms with E-state index in [-0.39, 0.29) is 23.5 Å². The molecule has 6 nitrogen and oxygen atoms in total. The first kappa shape index (κ1) is 27.8. The molecule has 2 fully saturated rings. The van der Waals surface area contributed by atoms with Crippen LogP contribution in [0.3, 0.4) is 0 Å². The molecule has 1 aromatic heterocycles. The van der Waals surface area contributed by atoms with E-state index in [1.807, 2.05) is 116 Å². The maximum absolute atomic E-state index is 13.3. The van der Waals surface area contributed by atoms with E-state index in [1.54, 1.807) is 0 Å². The normalized spacial score (nSPS) is 21.6. The molecule has 5 aromatic rings. The second kappa shape index (κ2) is 11.3. The third-order valence-corrected chi connectivity index (χ3v) is 9.50. The number of carbonyl (C=O) groups is 2. The lowest BCUT2D eigenvalue weighted by Crippen LogP contribution is -2.21. The van der Waals surface area contributed by atoms with E-state index in [2.05, 4.69) is 4.98 Å². The van der Waals surface area contributed by atoms with Gasteiger partial charge in [-0.15, -0.1) is 0 Å². The molecule has 220 valence electrons. The van der Waals surface area contributed by atoms with Gasteiger partial charge < -0.3 is 14.3 Å². The Hall–Kier alpha value is -4.97. The molecule has 2 saturated carbocycles. The van der Waals surface area contributed by atoms with Crippen molar-refractivity contribution in [3.8, 4) is 17.2 Å². The molecule has 0 spiro atoms. The van der Waals surface area contributed by atoms with Crippen molar-refractivity contribution in [2.75, 3.05) is 6.61 Å². The standard InChI is InChI=1S/C38H33NO5/c1-24-33(39-36(44-24)27-12-6-3-7-13-27)20-21-43-28-18-16-25(17-19-28)23-38(37(41)42)32-22-31(34(32)38)29-14-8-9-15-30(29)35(40)26-10-4-2-5-11-26/h2-19,31-32,34H,20-23H2,1H3,(H,41,42)/t31?,32-,34?,38?/m0/s1. The van der Waals surface area contributed by atoms with E-state index in [0.29, 0.717) is 36.5 Å². The zero-order valence-corrected chi connectivity index (χ0v) is 24.5. The maximum atomic E-state index is 13.3. The molecule has 0 saturated heterocycles. The van der Waals surface area contributed by atoms with Gasteiger partial charge in [-0.2, -0.15) is 0 Å². The molecule has 4 atom stereocenters. The van der Waals surface area contributed by atoms with Crippen molar-refractivity contribution in [1.82, 2.24) is 4.98 Å². The van der Waals surface area contributed by atoms with E-state index < -0.39 is 11.4 Å². The van der Waals surface area contributed by atoms with Gasteiger partial charge in [0.05, 0.1) is 17.7 Å². The summed E-state index contributed by atoms with van der Waals surface area (Å²) >= 11 is 0. The summed E-state index contributed by atoms with van der Waals surface area (Å²) in [6.07, 6.45) is 1.86. The van der Waals surface area contributed by atoms with Crippen molar-refractivity contribution in [2.24, 2.45) is 17.3 Å². The predicted molar refractivity (Wildman–Crippen MR) is 167 cm³/mol. The van der Waals surface area contributed by atoms with Crippen molar-refractivity contribution >= 4 is 11.8 Å². The Balaban J connectivity index is 1.00. The Morgan fingerprint density at radius 2 is 1.59 bits per heavy atom. The first-order chi connectivity index (χ1) is 21.5. The van der Waals surface area contributed by atoms with E-state index in [0.717, 1.165) is 40.3 Å². The van der Waals surface area contributed by atoms with Gasteiger partial charge in [0.1, 0.15) is 11.5 Å². The van der Waals surface area contributed by atoms with Crippen LogP contribution in [0.5, 0.6) is 5.75 Å². The fourth-order valence-electron chi connectivity index (χ4n) is 7.16. The highest BCUT2D eigenvalue weighted by atomic mass is 16.5. The van der Waals surface area contributed by atoms with E-state index in [1.165, 1.54) is 0 Å². The van der Waals surface area contributed by atoms with Gasteiger partial charge >= 0.3 is 5.97 Å². The van der Waals surface area contributed by atoms with Crippen molar-refractivity contribution in [1.29, 1.82) is 0 Å². The third-order valence-electron chi connectivity index (χ3n) is 9.50. The molecule has 0 aliphatic heterocycles. The molecule has 1 heterocycles. The Bertz CT molecular complexity index is 1810. The van der Waals surface area contributed by atoms with E-state index in [9.17, 15) is 14.7 Å². The lowest BCUT2D eigenvalue weighted by atomic mass is 9.77. The van der Waals surface area contributed by atoms with E-state index in [4.69, 9.17) is 9.15 Å². The molecule has 7 rings (SSSR count). The first-order valence-corrected chi connectivity index (χ1v) is 15.1. The van der Waals surface area contributed by atoms with Gasteiger partial charge in [-0.25, -0.2) is 4.98 Å². The van der Waals surface area contributed by atoms with E-state index >= 15 is 0 Å². The van der Waals surface area contributed by atoms with Crippen molar-refractivity contribution in [2.45, 2.75) is 32.1 Å². The van der Waals surface area contributed by atoms with Gasteiger partial charge in [0.25, 0.3) is 0 Å². The topological polar surface area (TPSA) is 89.6 Å². The SMILES string of the molecule is Cc1oc(-c2ccccc2)nc1CCOc1ccc(CC2(C(=O)O)C3C(c4ccccc4C(=O)c4ccccc4)C[C@@H]32)cc1. The highest BCUT2D eigenvalue weighted by Crippen LogP contribution is 2.77. The molecular weight excluding hydrogens is 550 g/mol. The molecule has 1 N–H and O–H groups in total. The fourth-order valence-corrected chi connectivity index (χ4v) is 7.16. The number of oxazole rings is 1. The van der Waals surface area contributed by atoms with Gasteiger partial charge in [-0.05, 0) is 72.9 Å². The molecule has 6 heteroatoms. The van der Waals surface area contributed by atoms with Crippen LogP contribution in [0, 0.1) is 24.2 Å². The van der Waals surface area contributed by atoms with Gasteiger partial charge in [0.2, 0.25) is 5.89 Å². The second-order valence-corrected chi connectivity index (χ2v) is 11.9. The van der Waals surface area contributed by atoms with Crippen LogP contribution in [0.15, 0.2) is 114 Å². The summed E-state index contributed by atoms with van der Waals surface area (Å²) in [5, 5.41) is 10.4. The number of ketones is 1. The van der Waals surface area contributed by atoms with Crippen LogP contribution in [0.25, 0.3) is 11.5 Å². The average molecular weight is 584 g/mol. The molecule has 2 aliphatic carbocycles. The van der Waals surface area contributed by atoms with Gasteiger partial charge in [-0.3, -0.25) is 9.59 Å². The number of hydrogen-bond acceptors (Lipinski definition) is 5. The number of ether oxygens (including phenoxy) is 1. The zero-order chi connectivity index (χ0) is 30.3. The number of benzene rings is 4. The van der Waals surface area contributed by atoms with Gasteiger partial charge in [0, 0.05) is 23.1 Å². The third kappa shape index (κ3) is 4.90. The number of hydrogen-bond donors (Lipinski definition) is 1. The number of fused-ring (bicyclic) bond motifs is 1. The number of carboxylic acids is 1. The quantitative estimate of drug-likeness (QED) is 0.162. The monoisotopic (exact) mass is 583 g/mol. The molecule has 0 radical (unpaired) electrons. The van der Waals surface area contributed by atoms with Crippen LogP contribution in [0.4, 0.5) is 0 Å². The van der Waals surface area contributed by atoms with Crippen LogP contribution >= 0.6 is 0 Å². The molecular formula is C38H33NO5. The Labute approximate surface area is 256 Å². The summed E-state index contributed by atoms with van der Waals surface area (Å²) in [5.41, 5.74) is 4.26. The van der Waals surface area contributed by atoms with Crippen LogP contribution in [-0.2, 0) is 17.6 Å². The molecule has 0 amide bonds. The first-order valence-electron chi connectivity index (χ1n) is 15.1. The Morgan fingerprint density at radius 3 is 2.32 bits per heavy atom. The molecule has 2 aliphatic rings. The number of rotatable bonds is 11. The van der Waals surface area contributed by atoms with Crippen molar-refractivity contribution in [3.05, 3.63) is 143 Å². The summed E-state index contributed by atoms with van der Waals surface area (Å²) < 4.78 is 11.9. The van der Waals surface area contributed by atoms with Crippen LogP contribution in [-0.4, -0.2) is 28.4 Å². The van der Waals surface area contributed by atoms with Gasteiger partial charge in [0.15, 0.2) is 5.78 Å². The van der Waals surface area contributed by atoms with Crippen molar-refractivity contribution in [3.63, 3.8) is 0 Å². The summed E-state index contributed by atoms with van der Waals surface area (Å²) in [6, 6.07) is 34.5. The fraction of sp³-hybridized carbons (Fsp3) is 0.237. The summed E-state index contributed by atoms with van der Waals surface area (Å²) in [5.74, 6) is 1.55. The Morgan fingerprint density at radius 1 is 0.909 bits per heavy atom.